The van der Waals surface area contributed by atoms with Gasteiger partial charge in [0.25, 0.3) is 5.91 Å². The van der Waals surface area contributed by atoms with Crippen LogP contribution < -0.4 is 9.47 Å². The molecule has 0 atom stereocenters. The molecule has 1 amide bonds. The number of ether oxygens (including phenoxy) is 2. The van der Waals surface area contributed by atoms with E-state index in [0.29, 0.717) is 25.3 Å². The largest absolute Gasteiger partial charge is 0.487 e. The van der Waals surface area contributed by atoms with Gasteiger partial charge in [-0.3, -0.25) is 4.79 Å². The smallest absolute Gasteiger partial charge is 0.257 e. The minimum Gasteiger partial charge on any atom is -0.487 e. The van der Waals surface area contributed by atoms with Crippen LogP contribution in [0.4, 0.5) is 4.39 Å². The number of hydrogen-bond acceptors (Lipinski definition) is 4. The van der Waals surface area contributed by atoms with Gasteiger partial charge in [0.1, 0.15) is 5.75 Å². The summed E-state index contributed by atoms with van der Waals surface area (Å²) >= 11 is 0. The maximum atomic E-state index is 15.6. The highest BCUT2D eigenvalue weighted by Crippen LogP contribution is 2.36. The van der Waals surface area contributed by atoms with Crippen LogP contribution in [-0.4, -0.2) is 55.5 Å². The third-order valence-electron chi connectivity index (χ3n) is 5.55. The molecule has 2 aromatic carbocycles. The van der Waals surface area contributed by atoms with E-state index in [1.807, 2.05) is 44.3 Å². The van der Waals surface area contributed by atoms with Gasteiger partial charge >= 0.3 is 0 Å². The molecule has 0 unspecified atom stereocenters. The molecule has 0 saturated carbocycles. The SMILES string of the molecule is CC/C=C\C=C(/C)CCOc1c(Oc2ccccc2)ccc(C(=O)N2CCN(C)CC2)c1F. The summed E-state index contributed by atoms with van der Waals surface area (Å²) in [6.45, 7) is 7.04. The molecule has 0 spiro atoms. The van der Waals surface area contributed by atoms with Crippen LogP contribution in [-0.2, 0) is 0 Å². The third kappa shape index (κ3) is 6.93. The Labute approximate surface area is 196 Å². The van der Waals surface area contributed by atoms with Crippen molar-refractivity contribution >= 4 is 5.91 Å². The first kappa shape index (κ1) is 24.5. The Bertz CT molecular complexity index is 980. The van der Waals surface area contributed by atoms with Crippen LogP contribution in [0.3, 0.4) is 0 Å². The molecule has 0 bridgehead atoms. The standard InChI is InChI=1S/C27H33FN2O3/c1-4-5-7-10-21(2)15-20-32-26-24(33-22-11-8-6-9-12-22)14-13-23(25(26)28)27(31)30-18-16-29(3)17-19-30/h5-14H,4,15-20H2,1-3H3/b7-5-,21-10+. The van der Waals surface area contributed by atoms with Crippen molar-refractivity contribution in [3.05, 3.63) is 77.6 Å². The van der Waals surface area contributed by atoms with Gasteiger partial charge in [-0.25, -0.2) is 4.39 Å². The predicted octanol–water partition coefficient (Wildman–Crippen LogP) is 5.69. The lowest BCUT2D eigenvalue weighted by Gasteiger charge is -2.32. The van der Waals surface area contributed by atoms with Gasteiger partial charge in [0.15, 0.2) is 17.3 Å². The number of likely N-dealkylation sites (N-methyl/N-ethyl adjacent to an activating group) is 1. The van der Waals surface area contributed by atoms with Crippen LogP contribution in [0.2, 0.25) is 0 Å². The molecule has 5 nitrogen and oxygen atoms in total. The third-order valence-corrected chi connectivity index (χ3v) is 5.55. The summed E-state index contributed by atoms with van der Waals surface area (Å²) in [6.07, 6.45) is 7.71. The van der Waals surface area contributed by atoms with Crippen molar-refractivity contribution in [3.63, 3.8) is 0 Å². The molecule has 176 valence electrons. The Morgan fingerprint density at radius 3 is 2.52 bits per heavy atom. The fourth-order valence-electron chi connectivity index (χ4n) is 3.48. The van der Waals surface area contributed by atoms with Crippen molar-refractivity contribution in [1.29, 1.82) is 0 Å². The molecule has 1 fully saturated rings. The number of nitrogens with zero attached hydrogens (tertiary/aromatic N) is 2. The van der Waals surface area contributed by atoms with Crippen LogP contribution in [0.5, 0.6) is 17.2 Å². The summed E-state index contributed by atoms with van der Waals surface area (Å²) in [5, 5.41) is 0. The molecule has 1 aliphatic rings. The fraction of sp³-hybridized carbons (Fsp3) is 0.370. The Morgan fingerprint density at radius 1 is 1.09 bits per heavy atom. The number of hydrogen-bond donors (Lipinski definition) is 0. The number of para-hydroxylation sites is 1. The van der Waals surface area contributed by atoms with Crippen molar-refractivity contribution in [2.45, 2.75) is 26.7 Å². The number of allylic oxidation sites excluding steroid dienone is 3. The molecule has 0 N–H and O–H groups in total. The van der Waals surface area contributed by atoms with E-state index < -0.39 is 5.82 Å². The molecule has 1 saturated heterocycles. The number of carbonyl (C=O) groups is 1. The second kappa shape index (κ2) is 12.2. The average molecular weight is 453 g/mol. The molecule has 1 heterocycles. The second-order valence-electron chi connectivity index (χ2n) is 8.21. The number of rotatable bonds is 9. The monoisotopic (exact) mass is 452 g/mol. The zero-order chi connectivity index (χ0) is 23.6. The number of carbonyl (C=O) groups excluding carboxylic acids is 1. The first-order valence-corrected chi connectivity index (χ1v) is 11.5. The summed E-state index contributed by atoms with van der Waals surface area (Å²) in [7, 11) is 2.01. The van der Waals surface area contributed by atoms with Gasteiger partial charge in [-0.15, -0.1) is 0 Å². The van der Waals surface area contributed by atoms with Crippen LogP contribution in [0.1, 0.15) is 37.0 Å². The Balaban J connectivity index is 1.82. The van der Waals surface area contributed by atoms with Gasteiger partial charge in [0.05, 0.1) is 12.2 Å². The summed E-state index contributed by atoms with van der Waals surface area (Å²) in [4.78, 5) is 16.9. The zero-order valence-corrected chi connectivity index (χ0v) is 19.7. The number of halogens is 1. The lowest BCUT2D eigenvalue weighted by Crippen LogP contribution is -2.47. The molecule has 6 heteroatoms. The second-order valence-corrected chi connectivity index (χ2v) is 8.21. The Morgan fingerprint density at radius 2 is 1.82 bits per heavy atom. The van der Waals surface area contributed by atoms with E-state index in [9.17, 15) is 4.79 Å². The molecule has 2 aromatic rings. The lowest BCUT2D eigenvalue weighted by molar-refractivity contribution is 0.0658. The first-order valence-electron chi connectivity index (χ1n) is 11.5. The van der Waals surface area contributed by atoms with Crippen LogP contribution in [0, 0.1) is 5.82 Å². The molecular formula is C27H33FN2O3. The van der Waals surface area contributed by atoms with Crippen molar-refractivity contribution in [2.75, 3.05) is 39.8 Å². The maximum Gasteiger partial charge on any atom is 0.257 e. The Kier molecular flexibility index (Phi) is 9.07. The zero-order valence-electron chi connectivity index (χ0n) is 19.7. The molecular weight excluding hydrogens is 419 g/mol. The van der Waals surface area contributed by atoms with Crippen molar-refractivity contribution in [3.8, 4) is 17.2 Å². The van der Waals surface area contributed by atoms with E-state index in [4.69, 9.17) is 9.47 Å². The molecule has 0 radical (unpaired) electrons. The first-order chi connectivity index (χ1) is 16.0. The van der Waals surface area contributed by atoms with Gasteiger partial charge in [-0.05, 0) is 44.7 Å². The van der Waals surface area contributed by atoms with Crippen molar-refractivity contribution in [2.24, 2.45) is 0 Å². The van der Waals surface area contributed by atoms with Crippen LogP contribution in [0.25, 0.3) is 0 Å². The summed E-state index contributed by atoms with van der Waals surface area (Å²) in [5.41, 5.74) is 1.13. The molecule has 0 aromatic heterocycles. The maximum absolute atomic E-state index is 15.6. The predicted molar refractivity (Wildman–Crippen MR) is 130 cm³/mol. The molecule has 1 aliphatic heterocycles. The summed E-state index contributed by atoms with van der Waals surface area (Å²) < 4.78 is 27.4. The summed E-state index contributed by atoms with van der Waals surface area (Å²) in [5.74, 6) is -0.213. The van der Waals surface area contributed by atoms with E-state index in [0.717, 1.165) is 25.1 Å². The number of benzene rings is 2. The quantitative estimate of drug-likeness (QED) is 0.459. The summed E-state index contributed by atoms with van der Waals surface area (Å²) in [6, 6.07) is 12.2. The highest BCUT2D eigenvalue weighted by atomic mass is 19.1. The lowest BCUT2D eigenvalue weighted by atomic mass is 10.1. The van der Waals surface area contributed by atoms with Crippen LogP contribution >= 0.6 is 0 Å². The van der Waals surface area contributed by atoms with Gasteiger partial charge in [0, 0.05) is 32.6 Å². The highest BCUT2D eigenvalue weighted by molar-refractivity contribution is 5.95. The number of piperazine rings is 1. The number of amides is 1. The molecule has 3 rings (SSSR count). The van der Waals surface area contributed by atoms with E-state index in [-0.39, 0.29) is 29.6 Å². The Hall–Kier alpha value is -3.12. The molecule has 0 aliphatic carbocycles. The van der Waals surface area contributed by atoms with E-state index in [1.165, 1.54) is 6.07 Å². The van der Waals surface area contributed by atoms with E-state index in [1.54, 1.807) is 23.1 Å². The van der Waals surface area contributed by atoms with Crippen LogP contribution in [0.15, 0.2) is 66.3 Å². The minimum atomic E-state index is -0.681. The van der Waals surface area contributed by atoms with E-state index in [2.05, 4.69) is 17.9 Å². The minimum absolute atomic E-state index is 0.00751. The fourth-order valence-corrected chi connectivity index (χ4v) is 3.48. The van der Waals surface area contributed by atoms with E-state index >= 15 is 4.39 Å². The van der Waals surface area contributed by atoms with Crippen molar-refractivity contribution in [1.82, 2.24) is 9.80 Å². The molecule has 33 heavy (non-hydrogen) atoms. The average Bonchev–Trinajstić information content (AvgIpc) is 2.82. The normalized spacial score (nSPS) is 15.2. The van der Waals surface area contributed by atoms with Crippen molar-refractivity contribution < 1.29 is 18.7 Å². The van der Waals surface area contributed by atoms with Gasteiger partial charge < -0.3 is 19.3 Å². The van der Waals surface area contributed by atoms with Gasteiger partial charge in [0.2, 0.25) is 0 Å². The highest BCUT2D eigenvalue weighted by Gasteiger charge is 2.26. The van der Waals surface area contributed by atoms with Gasteiger partial charge in [-0.1, -0.05) is 48.9 Å². The topological polar surface area (TPSA) is 42.0 Å². The van der Waals surface area contributed by atoms with Gasteiger partial charge in [-0.2, -0.15) is 0 Å².